The summed E-state index contributed by atoms with van der Waals surface area (Å²) in [5.74, 6) is -1.56. The standard InChI is InChI=1S/C12H12FNO5S/c13-20(17,18)8-7-19-6-5-14-11(15)9-3-1-2-4-10(9)12(14)16/h1-4H,5-8H2. The van der Waals surface area contributed by atoms with Gasteiger partial charge in [-0.3, -0.25) is 14.5 Å². The van der Waals surface area contributed by atoms with Crippen molar-refractivity contribution in [2.45, 2.75) is 0 Å². The van der Waals surface area contributed by atoms with E-state index >= 15 is 0 Å². The number of ether oxygens (including phenoxy) is 1. The molecule has 0 aliphatic carbocycles. The fraction of sp³-hybridized carbons (Fsp3) is 0.333. The van der Waals surface area contributed by atoms with Gasteiger partial charge in [-0.15, -0.1) is 3.89 Å². The van der Waals surface area contributed by atoms with Crippen LogP contribution in [0.5, 0.6) is 0 Å². The van der Waals surface area contributed by atoms with Gasteiger partial charge in [-0.2, -0.15) is 8.42 Å². The Morgan fingerprint density at radius 2 is 1.60 bits per heavy atom. The molecular weight excluding hydrogens is 289 g/mol. The van der Waals surface area contributed by atoms with E-state index in [2.05, 4.69) is 0 Å². The lowest BCUT2D eigenvalue weighted by Crippen LogP contribution is -2.33. The maximum Gasteiger partial charge on any atom is 0.304 e. The summed E-state index contributed by atoms with van der Waals surface area (Å²) in [7, 11) is -4.56. The van der Waals surface area contributed by atoms with E-state index in [1.165, 1.54) is 0 Å². The van der Waals surface area contributed by atoms with Crippen molar-refractivity contribution in [2.24, 2.45) is 0 Å². The molecule has 0 N–H and O–H groups in total. The first-order valence-corrected chi connectivity index (χ1v) is 7.41. The molecule has 0 saturated heterocycles. The monoisotopic (exact) mass is 301 g/mol. The Labute approximate surface area is 115 Å². The summed E-state index contributed by atoms with van der Waals surface area (Å²) in [6.07, 6.45) is 0. The predicted molar refractivity (Wildman–Crippen MR) is 67.5 cm³/mol. The molecule has 1 aromatic rings. The number of fused-ring (bicyclic) bond motifs is 1. The van der Waals surface area contributed by atoms with Crippen LogP contribution >= 0.6 is 0 Å². The Bertz CT molecular complexity index is 608. The number of carbonyl (C=O) groups is 2. The van der Waals surface area contributed by atoms with Gasteiger partial charge in [-0.1, -0.05) is 12.1 Å². The zero-order valence-electron chi connectivity index (χ0n) is 10.4. The van der Waals surface area contributed by atoms with Gasteiger partial charge in [0.1, 0.15) is 5.75 Å². The highest BCUT2D eigenvalue weighted by atomic mass is 32.3. The average Bonchev–Trinajstić information content (AvgIpc) is 2.62. The highest BCUT2D eigenvalue weighted by Crippen LogP contribution is 2.21. The Morgan fingerprint density at radius 1 is 1.05 bits per heavy atom. The summed E-state index contributed by atoms with van der Waals surface area (Å²) in [5, 5.41) is 0. The minimum atomic E-state index is -4.56. The number of carbonyl (C=O) groups excluding carboxylic acids is 2. The van der Waals surface area contributed by atoms with E-state index in [9.17, 15) is 21.9 Å². The molecule has 0 radical (unpaired) electrons. The highest BCUT2D eigenvalue weighted by molar-refractivity contribution is 7.86. The molecule has 108 valence electrons. The van der Waals surface area contributed by atoms with Crippen molar-refractivity contribution < 1.29 is 26.6 Å². The first-order valence-electron chi connectivity index (χ1n) is 5.85. The molecule has 0 atom stereocenters. The van der Waals surface area contributed by atoms with Crippen molar-refractivity contribution in [1.82, 2.24) is 4.90 Å². The van der Waals surface area contributed by atoms with Gasteiger partial charge < -0.3 is 4.74 Å². The van der Waals surface area contributed by atoms with Gasteiger partial charge in [0.15, 0.2) is 0 Å². The molecule has 0 fully saturated rings. The van der Waals surface area contributed by atoms with Crippen molar-refractivity contribution in [2.75, 3.05) is 25.5 Å². The molecule has 1 aliphatic heterocycles. The first kappa shape index (κ1) is 14.6. The van der Waals surface area contributed by atoms with Crippen LogP contribution < -0.4 is 0 Å². The van der Waals surface area contributed by atoms with Gasteiger partial charge in [-0.05, 0) is 12.1 Å². The lowest BCUT2D eigenvalue weighted by Gasteiger charge is -2.13. The van der Waals surface area contributed by atoms with E-state index < -0.39 is 27.8 Å². The Hall–Kier alpha value is -1.80. The third kappa shape index (κ3) is 3.20. The third-order valence-corrected chi connectivity index (χ3v) is 3.46. The van der Waals surface area contributed by atoms with E-state index in [1.807, 2.05) is 0 Å². The Balaban J connectivity index is 1.87. The van der Waals surface area contributed by atoms with Crippen LogP contribution in [0.15, 0.2) is 24.3 Å². The van der Waals surface area contributed by atoms with Gasteiger partial charge in [-0.25, -0.2) is 0 Å². The van der Waals surface area contributed by atoms with Crippen LogP contribution in [0.3, 0.4) is 0 Å². The molecule has 0 bridgehead atoms. The quantitative estimate of drug-likeness (QED) is 0.436. The Kier molecular flexibility index (Phi) is 4.15. The highest BCUT2D eigenvalue weighted by Gasteiger charge is 2.34. The largest absolute Gasteiger partial charge is 0.378 e. The number of hydrogen-bond acceptors (Lipinski definition) is 5. The minimum Gasteiger partial charge on any atom is -0.378 e. The zero-order valence-corrected chi connectivity index (χ0v) is 11.2. The molecule has 1 aromatic carbocycles. The Morgan fingerprint density at radius 3 is 2.10 bits per heavy atom. The average molecular weight is 301 g/mol. The molecule has 1 aliphatic rings. The van der Waals surface area contributed by atoms with Crippen LogP contribution in [-0.2, 0) is 15.0 Å². The van der Waals surface area contributed by atoms with Gasteiger partial charge in [0, 0.05) is 0 Å². The molecule has 8 heteroatoms. The second kappa shape index (κ2) is 5.68. The molecule has 0 spiro atoms. The third-order valence-electron chi connectivity index (χ3n) is 2.81. The molecule has 2 rings (SSSR count). The summed E-state index contributed by atoms with van der Waals surface area (Å²) in [6.45, 7) is -0.359. The van der Waals surface area contributed by atoms with Crippen LogP contribution in [0.1, 0.15) is 20.7 Å². The maximum atomic E-state index is 12.2. The number of nitrogens with zero attached hydrogens (tertiary/aromatic N) is 1. The molecule has 0 saturated carbocycles. The summed E-state index contributed by atoms with van der Waals surface area (Å²) in [4.78, 5) is 24.9. The second-order valence-corrected chi connectivity index (χ2v) is 5.65. The van der Waals surface area contributed by atoms with Crippen LogP contribution in [-0.4, -0.2) is 50.6 Å². The smallest absolute Gasteiger partial charge is 0.304 e. The van der Waals surface area contributed by atoms with Crippen LogP contribution in [0.2, 0.25) is 0 Å². The van der Waals surface area contributed by atoms with E-state index in [1.54, 1.807) is 24.3 Å². The molecule has 1 heterocycles. The second-order valence-electron chi connectivity index (χ2n) is 4.16. The first-order chi connectivity index (χ1) is 9.40. The van der Waals surface area contributed by atoms with Gasteiger partial charge in [0.2, 0.25) is 0 Å². The molecular formula is C12H12FNO5S. The summed E-state index contributed by atoms with van der Waals surface area (Å²) in [5.41, 5.74) is 0.674. The lowest BCUT2D eigenvalue weighted by atomic mass is 10.1. The van der Waals surface area contributed by atoms with Gasteiger partial charge in [0.05, 0.1) is 30.9 Å². The molecule has 6 nitrogen and oxygen atoms in total. The van der Waals surface area contributed by atoms with Crippen molar-refractivity contribution in [3.05, 3.63) is 35.4 Å². The molecule has 20 heavy (non-hydrogen) atoms. The van der Waals surface area contributed by atoms with Crippen LogP contribution in [0.25, 0.3) is 0 Å². The van der Waals surface area contributed by atoms with Gasteiger partial charge in [0.25, 0.3) is 11.8 Å². The lowest BCUT2D eigenvalue weighted by molar-refractivity contribution is 0.0575. The number of rotatable bonds is 6. The summed E-state index contributed by atoms with van der Waals surface area (Å²) >= 11 is 0. The zero-order chi connectivity index (χ0) is 14.8. The van der Waals surface area contributed by atoms with Gasteiger partial charge >= 0.3 is 10.2 Å². The SMILES string of the molecule is O=C1c2ccccc2C(=O)N1CCOCCS(=O)(=O)F. The van der Waals surface area contributed by atoms with E-state index in [-0.39, 0.29) is 19.8 Å². The summed E-state index contributed by atoms with van der Waals surface area (Å²) in [6, 6.07) is 6.45. The van der Waals surface area contributed by atoms with Crippen molar-refractivity contribution in [3.63, 3.8) is 0 Å². The normalized spacial score (nSPS) is 14.8. The topological polar surface area (TPSA) is 80.8 Å². The van der Waals surface area contributed by atoms with E-state index in [4.69, 9.17) is 4.74 Å². The molecule has 2 amide bonds. The van der Waals surface area contributed by atoms with Crippen molar-refractivity contribution >= 4 is 22.0 Å². The number of halogens is 1. The van der Waals surface area contributed by atoms with Crippen molar-refractivity contribution in [1.29, 1.82) is 0 Å². The predicted octanol–water partition coefficient (Wildman–Crippen LogP) is 0.599. The number of amides is 2. The van der Waals surface area contributed by atoms with Crippen LogP contribution in [0, 0.1) is 0 Å². The minimum absolute atomic E-state index is 0.00131. The van der Waals surface area contributed by atoms with E-state index in [0.717, 1.165) is 4.90 Å². The summed E-state index contributed by atoms with van der Waals surface area (Å²) < 4.78 is 37.6. The maximum absolute atomic E-state index is 12.2. The fourth-order valence-corrected chi connectivity index (χ4v) is 2.18. The van der Waals surface area contributed by atoms with Crippen molar-refractivity contribution in [3.8, 4) is 0 Å². The van der Waals surface area contributed by atoms with E-state index in [0.29, 0.717) is 11.1 Å². The van der Waals surface area contributed by atoms with Crippen LogP contribution in [0.4, 0.5) is 3.89 Å². The molecule has 0 unspecified atom stereocenters. The number of benzene rings is 1. The fourth-order valence-electron chi connectivity index (χ4n) is 1.86. The number of hydrogen-bond donors (Lipinski definition) is 0. The molecule has 0 aromatic heterocycles. The number of imide groups is 1.